The topological polar surface area (TPSA) is 59.0 Å². The minimum absolute atomic E-state index is 0.263. The zero-order valence-corrected chi connectivity index (χ0v) is 9.73. The molecule has 0 bridgehead atoms. The van der Waals surface area contributed by atoms with Crippen molar-refractivity contribution in [2.45, 2.75) is 13.3 Å². The highest BCUT2D eigenvalue weighted by Crippen LogP contribution is 2.25. The molecule has 1 aromatic carbocycles. The molecule has 0 atom stereocenters. The van der Waals surface area contributed by atoms with Gasteiger partial charge in [-0.15, -0.1) is 0 Å². The van der Waals surface area contributed by atoms with E-state index in [9.17, 15) is 0 Å². The molecular weight excluding hydrogens is 216 g/mol. The Balaban J connectivity index is 2.39. The average Bonchev–Trinajstić information content (AvgIpc) is 2.72. The number of nitriles is 1. The van der Waals surface area contributed by atoms with E-state index in [4.69, 9.17) is 14.4 Å². The number of aromatic nitrogens is 1. The van der Waals surface area contributed by atoms with Gasteiger partial charge in [0.25, 0.3) is 0 Å². The number of hydrogen-bond acceptors (Lipinski definition) is 4. The van der Waals surface area contributed by atoms with Crippen LogP contribution in [0.5, 0.6) is 5.75 Å². The molecule has 0 saturated heterocycles. The van der Waals surface area contributed by atoms with Crippen molar-refractivity contribution in [3.63, 3.8) is 0 Å². The number of hydrogen-bond donors (Lipinski definition) is 0. The Hall–Kier alpha value is -2.28. The van der Waals surface area contributed by atoms with Gasteiger partial charge in [-0.25, -0.2) is 4.98 Å². The number of rotatable bonds is 3. The van der Waals surface area contributed by atoms with E-state index in [2.05, 4.69) is 11.1 Å². The summed E-state index contributed by atoms with van der Waals surface area (Å²) in [7, 11) is 1.61. The molecule has 0 aliphatic rings. The molecule has 0 N–H and O–H groups in total. The Kier molecular flexibility index (Phi) is 3.10. The second-order valence-electron chi connectivity index (χ2n) is 3.59. The molecule has 1 heterocycles. The highest BCUT2D eigenvalue weighted by Gasteiger charge is 2.11. The molecule has 2 aromatic rings. The van der Waals surface area contributed by atoms with Crippen LogP contribution in [0.25, 0.3) is 11.5 Å². The van der Waals surface area contributed by atoms with Gasteiger partial charge in [0, 0.05) is 5.56 Å². The van der Waals surface area contributed by atoms with Crippen molar-refractivity contribution in [3.8, 4) is 23.3 Å². The fourth-order valence-electron chi connectivity index (χ4n) is 1.55. The van der Waals surface area contributed by atoms with Crippen molar-refractivity contribution in [1.29, 1.82) is 5.26 Å². The van der Waals surface area contributed by atoms with Crippen molar-refractivity contribution in [2.75, 3.05) is 7.11 Å². The largest absolute Gasteiger partial charge is 0.497 e. The monoisotopic (exact) mass is 228 g/mol. The summed E-state index contributed by atoms with van der Waals surface area (Å²) in [6.45, 7) is 1.81. The zero-order valence-electron chi connectivity index (χ0n) is 9.73. The van der Waals surface area contributed by atoms with Crippen LogP contribution in [0.15, 0.2) is 28.7 Å². The number of ether oxygens (including phenoxy) is 1. The normalized spacial score (nSPS) is 9.94. The molecule has 0 spiro atoms. The predicted octanol–water partition coefficient (Wildman–Crippen LogP) is 2.72. The molecule has 0 unspecified atom stereocenters. The van der Waals surface area contributed by atoms with Crippen molar-refractivity contribution < 1.29 is 9.15 Å². The van der Waals surface area contributed by atoms with Gasteiger partial charge in [0.15, 0.2) is 0 Å². The summed E-state index contributed by atoms with van der Waals surface area (Å²) in [6.07, 6.45) is 0.263. The molecule has 1 aromatic heterocycles. The van der Waals surface area contributed by atoms with Crippen LogP contribution >= 0.6 is 0 Å². The van der Waals surface area contributed by atoms with E-state index < -0.39 is 0 Å². The van der Waals surface area contributed by atoms with Crippen LogP contribution in [0.3, 0.4) is 0 Å². The fourth-order valence-corrected chi connectivity index (χ4v) is 1.55. The van der Waals surface area contributed by atoms with E-state index in [1.807, 2.05) is 31.2 Å². The minimum atomic E-state index is 0.263. The van der Waals surface area contributed by atoms with Gasteiger partial charge in [0.1, 0.15) is 11.5 Å². The van der Waals surface area contributed by atoms with Gasteiger partial charge in [0.2, 0.25) is 5.89 Å². The third-order valence-corrected chi connectivity index (χ3v) is 2.46. The number of nitrogens with zero attached hydrogens (tertiary/aromatic N) is 2. The first-order valence-corrected chi connectivity index (χ1v) is 5.22. The molecule has 4 heteroatoms. The number of aryl methyl sites for hydroxylation is 1. The Bertz CT molecular complexity index is 567. The van der Waals surface area contributed by atoms with E-state index in [-0.39, 0.29) is 6.42 Å². The summed E-state index contributed by atoms with van der Waals surface area (Å²) in [6, 6.07) is 9.54. The Morgan fingerprint density at radius 2 is 2.29 bits per heavy atom. The van der Waals surface area contributed by atoms with Crippen LogP contribution in [-0.4, -0.2) is 12.1 Å². The maximum absolute atomic E-state index is 8.65. The third-order valence-electron chi connectivity index (χ3n) is 2.46. The van der Waals surface area contributed by atoms with Crippen LogP contribution in [0, 0.1) is 18.3 Å². The summed E-state index contributed by atoms with van der Waals surface area (Å²) in [5, 5.41) is 8.65. The predicted molar refractivity (Wildman–Crippen MR) is 62.5 cm³/mol. The van der Waals surface area contributed by atoms with Gasteiger partial charge in [-0.1, -0.05) is 6.07 Å². The molecular formula is C13H12N2O2. The van der Waals surface area contributed by atoms with Gasteiger partial charge >= 0.3 is 0 Å². The lowest BCUT2D eigenvalue weighted by Crippen LogP contribution is -1.85. The third kappa shape index (κ3) is 2.28. The summed E-state index contributed by atoms with van der Waals surface area (Å²) in [4.78, 5) is 4.30. The van der Waals surface area contributed by atoms with E-state index in [1.165, 1.54) is 0 Å². The Morgan fingerprint density at radius 1 is 1.47 bits per heavy atom. The highest BCUT2D eigenvalue weighted by molar-refractivity contribution is 5.56. The van der Waals surface area contributed by atoms with E-state index >= 15 is 0 Å². The van der Waals surface area contributed by atoms with Gasteiger partial charge in [-0.2, -0.15) is 5.26 Å². The summed E-state index contributed by atoms with van der Waals surface area (Å²) >= 11 is 0. The van der Waals surface area contributed by atoms with Crippen LogP contribution in [0.4, 0.5) is 0 Å². The maximum atomic E-state index is 8.65. The SMILES string of the molecule is COc1cccc(-c2nc(CC#N)c(C)o2)c1. The fraction of sp³-hybridized carbons (Fsp3) is 0.231. The van der Waals surface area contributed by atoms with Crippen molar-refractivity contribution in [1.82, 2.24) is 4.98 Å². The standard InChI is InChI=1S/C13H12N2O2/c1-9-12(6-7-14)15-13(17-9)10-4-3-5-11(8-10)16-2/h3-5,8H,6H2,1-2H3. The highest BCUT2D eigenvalue weighted by atomic mass is 16.5. The molecule has 0 saturated carbocycles. The first kappa shape index (κ1) is 11.2. The molecule has 17 heavy (non-hydrogen) atoms. The molecule has 0 fully saturated rings. The van der Waals surface area contributed by atoms with Crippen LogP contribution in [-0.2, 0) is 6.42 Å². The smallest absolute Gasteiger partial charge is 0.226 e. The number of benzene rings is 1. The van der Waals surface area contributed by atoms with Crippen LogP contribution < -0.4 is 4.74 Å². The molecule has 0 radical (unpaired) electrons. The molecule has 0 amide bonds. The van der Waals surface area contributed by atoms with Crippen molar-refractivity contribution in [3.05, 3.63) is 35.7 Å². The summed E-state index contributed by atoms with van der Waals surface area (Å²) in [5.74, 6) is 1.95. The Morgan fingerprint density at radius 3 is 3.00 bits per heavy atom. The molecule has 0 aliphatic carbocycles. The first-order valence-electron chi connectivity index (χ1n) is 5.22. The zero-order chi connectivity index (χ0) is 12.3. The second kappa shape index (κ2) is 4.71. The molecule has 86 valence electrons. The lowest BCUT2D eigenvalue weighted by atomic mass is 10.2. The van der Waals surface area contributed by atoms with Crippen LogP contribution in [0.1, 0.15) is 11.5 Å². The van der Waals surface area contributed by atoms with Gasteiger partial charge in [0.05, 0.1) is 25.3 Å². The lowest BCUT2D eigenvalue weighted by Gasteiger charge is -2.00. The van der Waals surface area contributed by atoms with E-state index in [1.54, 1.807) is 7.11 Å². The van der Waals surface area contributed by atoms with Crippen molar-refractivity contribution in [2.24, 2.45) is 0 Å². The Labute approximate surface area is 99.5 Å². The van der Waals surface area contributed by atoms with Gasteiger partial charge in [-0.3, -0.25) is 0 Å². The van der Waals surface area contributed by atoms with Gasteiger partial charge in [-0.05, 0) is 25.1 Å². The maximum Gasteiger partial charge on any atom is 0.226 e. The number of methoxy groups -OCH3 is 1. The van der Waals surface area contributed by atoms with E-state index in [0.717, 1.165) is 11.3 Å². The quantitative estimate of drug-likeness (QED) is 0.810. The average molecular weight is 228 g/mol. The minimum Gasteiger partial charge on any atom is -0.497 e. The van der Waals surface area contributed by atoms with E-state index in [0.29, 0.717) is 17.3 Å². The van der Waals surface area contributed by atoms with Crippen LogP contribution in [0.2, 0.25) is 0 Å². The van der Waals surface area contributed by atoms with Crippen molar-refractivity contribution >= 4 is 0 Å². The summed E-state index contributed by atoms with van der Waals surface area (Å²) in [5.41, 5.74) is 1.53. The molecule has 2 rings (SSSR count). The number of oxazole rings is 1. The molecule has 0 aliphatic heterocycles. The van der Waals surface area contributed by atoms with Gasteiger partial charge < -0.3 is 9.15 Å². The summed E-state index contributed by atoms with van der Waals surface area (Å²) < 4.78 is 10.7. The second-order valence-corrected chi connectivity index (χ2v) is 3.59. The first-order chi connectivity index (χ1) is 8.24. The molecule has 4 nitrogen and oxygen atoms in total. The lowest BCUT2D eigenvalue weighted by molar-refractivity contribution is 0.414.